The minimum absolute atomic E-state index is 0.0512. The van der Waals surface area contributed by atoms with Gasteiger partial charge in [-0.1, -0.05) is 0 Å². The van der Waals surface area contributed by atoms with E-state index in [1.54, 1.807) is 20.8 Å². The number of rotatable bonds is 6. The van der Waals surface area contributed by atoms with E-state index in [-0.39, 0.29) is 16.8 Å². The van der Waals surface area contributed by atoms with Crippen molar-refractivity contribution in [1.82, 2.24) is 4.90 Å². The lowest BCUT2D eigenvalue weighted by molar-refractivity contribution is -0.385. The van der Waals surface area contributed by atoms with Crippen molar-refractivity contribution in [3.05, 3.63) is 39.4 Å². The lowest BCUT2D eigenvalue weighted by Crippen LogP contribution is -2.39. The molecule has 1 aromatic carbocycles. The van der Waals surface area contributed by atoms with Crippen LogP contribution in [-0.2, 0) is 20.8 Å². The van der Waals surface area contributed by atoms with Crippen LogP contribution in [0.1, 0.15) is 36.7 Å². The molecule has 0 spiro atoms. The quantitative estimate of drug-likeness (QED) is 0.458. The number of nitro benzene ring substituents is 1. The van der Waals surface area contributed by atoms with Gasteiger partial charge in [0.25, 0.3) is 5.69 Å². The molecule has 0 aromatic heterocycles. The van der Waals surface area contributed by atoms with Gasteiger partial charge in [-0.15, -0.1) is 0 Å². The molecule has 0 aliphatic heterocycles. The smallest absolute Gasteiger partial charge is 0.411 e. The minimum atomic E-state index is -1.28. The van der Waals surface area contributed by atoms with Crippen molar-refractivity contribution in [2.45, 2.75) is 32.9 Å². The van der Waals surface area contributed by atoms with Crippen molar-refractivity contribution >= 4 is 23.7 Å². The Kier molecular flexibility index (Phi) is 6.64. The monoisotopic (exact) mass is 368 g/mol. The van der Waals surface area contributed by atoms with Gasteiger partial charge in [0, 0.05) is 6.07 Å². The second-order valence-electron chi connectivity index (χ2n) is 6.32. The van der Waals surface area contributed by atoms with E-state index in [2.05, 4.69) is 4.74 Å². The molecule has 0 heterocycles. The Balaban J connectivity index is 3.25. The van der Waals surface area contributed by atoms with Crippen LogP contribution in [0.2, 0.25) is 0 Å². The number of carbonyl (C=O) groups is 3. The van der Waals surface area contributed by atoms with Gasteiger partial charge >= 0.3 is 18.0 Å². The third-order valence-corrected chi connectivity index (χ3v) is 3.08. The van der Waals surface area contributed by atoms with Crippen LogP contribution < -0.4 is 0 Å². The van der Waals surface area contributed by atoms with Crippen LogP contribution in [0, 0.1) is 10.1 Å². The van der Waals surface area contributed by atoms with Crippen LogP contribution in [0.5, 0.6) is 0 Å². The van der Waals surface area contributed by atoms with Gasteiger partial charge < -0.3 is 14.6 Å². The van der Waals surface area contributed by atoms with Crippen LogP contribution in [0.4, 0.5) is 10.5 Å². The summed E-state index contributed by atoms with van der Waals surface area (Å²) in [5.74, 6) is -2.04. The third-order valence-electron chi connectivity index (χ3n) is 3.08. The molecule has 10 heteroatoms. The number of amides is 1. The molecule has 1 rings (SSSR count). The molecule has 0 saturated carbocycles. The van der Waals surface area contributed by atoms with Gasteiger partial charge in [0.1, 0.15) is 12.1 Å². The summed E-state index contributed by atoms with van der Waals surface area (Å²) >= 11 is 0. The predicted molar refractivity (Wildman–Crippen MR) is 88.7 cm³/mol. The maximum atomic E-state index is 12.3. The molecule has 0 aliphatic carbocycles. The number of aromatic carboxylic acids is 1. The highest BCUT2D eigenvalue weighted by atomic mass is 16.6. The number of hydrogen-bond acceptors (Lipinski definition) is 7. The van der Waals surface area contributed by atoms with Gasteiger partial charge in [0.15, 0.2) is 0 Å². The Labute approximate surface area is 149 Å². The van der Waals surface area contributed by atoms with Crippen LogP contribution in [0.3, 0.4) is 0 Å². The number of carboxylic acids is 1. The summed E-state index contributed by atoms with van der Waals surface area (Å²) in [5, 5.41) is 20.3. The molecule has 10 nitrogen and oxygen atoms in total. The summed E-state index contributed by atoms with van der Waals surface area (Å²) in [4.78, 5) is 46.4. The molecule has 1 amide bonds. The van der Waals surface area contributed by atoms with E-state index >= 15 is 0 Å². The Morgan fingerprint density at radius 3 is 2.35 bits per heavy atom. The summed E-state index contributed by atoms with van der Waals surface area (Å²) in [7, 11) is 1.13. The molecular formula is C16H20N2O8. The first-order chi connectivity index (χ1) is 11.9. The number of hydrogen-bond donors (Lipinski definition) is 1. The zero-order chi connectivity index (χ0) is 20.1. The molecule has 26 heavy (non-hydrogen) atoms. The maximum absolute atomic E-state index is 12.3. The summed E-state index contributed by atoms with van der Waals surface area (Å²) in [6, 6.07) is 3.20. The first kappa shape index (κ1) is 20.9. The lowest BCUT2D eigenvalue weighted by atomic mass is 10.1. The Morgan fingerprint density at radius 1 is 1.27 bits per heavy atom. The Hall–Kier alpha value is -3.17. The maximum Gasteiger partial charge on any atom is 0.411 e. The van der Waals surface area contributed by atoms with E-state index in [1.165, 1.54) is 0 Å². The van der Waals surface area contributed by atoms with Crippen molar-refractivity contribution in [3.8, 4) is 0 Å². The molecule has 0 atom stereocenters. The van der Waals surface area contributed by atoms with E-state index in [9.17, 15) is 24.5 Å². The van der Waals surface area contributed by atoms with Crippen molar-refractivity contribution < 1.29 is 33.9 Å². The molecule has 1 aromatic rings. The average Bonchev–Trinajstić information content (AvgIpc) is 2.51. The highest BCUT2D eigenvalue weighted by Crippen LogP contribution is 2.23. The molecule has 0 bridgehead atoms. The summed E-state index contributed by atoms with van der Waals surface area (Å²) in [6.07, 6.45) is -0.891. The number of methoxy groups -OCH3 is 1. The van der Waals surface area contributed by atoms with Crippen LogP contribution in [-0.4, -0.2) is 52.2 Å². The van der Waals surface area contributed by atoms with Gasteiger partial charge in [0.05, 0.1) is 29.7 Å². The topological polar surface area (TPSA) is 136 Å². The van der Waals surface area contributed by atoms with E-state index in [0.717, 1.165) is 30.2 Å². The molecule has 0 radical (unpaired) electrons. The normalized spacial score (nSPS) is 10.8. The van der Waals surface area contributed by atoms with Crippen molar-refractivity contribution in [1.29, 1.82) is 0 Å². The molecule has 1 N–H and O–H groups in total. The van der Waals surface area contributed by atoms with E-state index in [4.69, 9.17) is 9.84 Å². The fourth-order valence-corrected chi connectivity index (χ4v) is 1.96. The van der Waals surface area contributed by atoms with Crippen molar-refractivity contribution in [3.63, 3.8) is 0 Å². The van der Waals surface area contributed by atoms with E-state index in [1.807, 2.05) is 0 Å². The fourth-order valence-electron chi connectivity index (χ4n) is 1.96. The lowest BCUT2D eigenvalue weighted by Gasteiger charge is -2.26. The van der Waals surface area contributed by atoms with E-state index < -0.39 is 41.6 Å². The SMILES string of the molecule is COC(=O)CN(Cc1cc(C(=O)O)ccc1[N+](=O)[O-])C(=O)OC(C)(C)C. The summed E-state index contributed by atoms with van der Waals surface area (Å²) < 4.78 is 9.71. The second kappa shape index (κ2) is 8.28. The zero-order valence-corrected chi connectivity index (χ0v) is 14.8. The number of nitrogens with zero attached hydrogens (tertiary/aromatic N) is 2. The summed E-state index contributed by atoms with van der Waals surface area (Å²) in [6.45, 7) is 3.94. The van der Waals surface area contributed by atoms with Crippen molar-refractivity contribution in [2.24, 2.45) is 0 Å². The number of esters is 1. The standard InChI is InChI=1S/C16H20N2O8/c1-16(2,3)26-15(22)17(9-13(19)25-4)8-11-7-10(14(20)21)5-6-12(11)18(23)24/h5-7H,8-9H2,1-4H3,(H,20,21). The first-order valence-corrected chi connectivity index (χ1v) is 7.50. The first-order valence-electron chi connectivity index (χ1n) is 7.50. The Bertz CT molecular complexity index is 723. The highest BCUT2D eigenvalue weighted by Gasteiger charge is 2.27. The van der Waals surface area contributed by atoms with Crippen LogP contribution in [0.15, 0.2) is 18.2 Å². The van der Waals surface area contributed by atoms with Gasteiger partial charge in [-0.3, -0.25) is 19.8 Å². The number of benzene rings is 1. The minimum Gasteiger partial charge on any atom is -0.478 e. The van der Waals surface area contributed by atoms with Crippen LogP contribution in [0.25, 0.3) is 0 Å². The van der Waals surface area contributed by atoms with Crippen molar-refractivity contribution in [2.75, 3.05) is 13.7 Å². The average molecular weight is 368 g/mol. The Morgan fingerprint density at radius 2 is 1.88 bits per heavy atom. The third kappa shape index (κ3) is 6.04. The molecular weight excluding hydrogens is 348 g/mol. The largest absolute Gasteiger partial charge is 0.478 e. The van der Waals surface area contributed by atoms with Crippen LogP contribution >= 0.6 is 0 Å². The van der Waals surface area contributed by atoms with Gasteiger partial charge in [-0.25, -0.2) is 9.59 Å². The zero-order valence-electron chi connectivity index (χ0n) is 14.8. The molecule has 0 unspecified atom stereocenters. The summed E-state index contributed by atoms with van der Waals surface area (Å²) in [5.41, 5.74) is -1.48. The number of ether oxygens (including phenoxy) is 2. The van der Waals surface area contributed by atoms with Gasteiger partial charge in [-0.05, 0) is 32.9 Å². The number of carboxylic acid groups (broad SMARTS) is 1. The van der Waals surface area contributed by atoms with Gasteiger partial charge in [0.2, 0.25) is 0 Å². The number of carbonyl (C=O) groups excluding carboxylic acids is 2. The number of nitro groups is 1. The van der Waals surface area contributed by atoms with Gasteiger partial charge in [-0.2, -0.15) is 0 Å². The molecule has 142 valence electrons. The predicted octanol–water partition coefficient (Wildman–Crippen LogP) is 2.20. The molecule has 0 aliphatic rings. The molecule has 0 saturated heterocycles. The fraction of sp³-hybridized carbons (Fsp3) is 0.438. The highest BCUT2D eigenvalue weighted by molar-refractivity contribution is 5.88. The van der Waals surface area contributed by atoms with E-state index in [0.29, 0.717) is 0 Å². The molecule has 0 fully saturated rings. The second-order valence-corrected chi connectivity index (χ2v) is 6.32.